The third-order valence-electron chi connectivity index (χ3n) is 13.9. The van der Waals surface area contributed by atoms with Crippen molar-refractivity contribution in [3.8, 4) is 0 Å². The molecule has 4 atom stereocenters. The fourth-order valence-electron chi connectivity index (χ4n) is 10.3. The van der Waals surface area contributed by atoms with Crippen molar-refractivity contribution in [3.63, 3.8) is 0 Å². The Bertz CT molecular complexity index is 1200. The maximum Gasteiger partial charge on any atom is 0.285 e. The molecule has 1 aliphatic heterocycles. The van der Waals surface area contributed by atoms with Crippen LogP contribution in [0.25, 0.3) is 0 Å². The molecular formula is C37H59N3O5. The highest BCUT2D eigenvalue weighted by Crippen LogP contribution is 2.88. The van der Waals surface area contributed by atoms with Gasteiger partial charge in [-0.25, -0.2) is 0 Å². The van der Waals surface area contributed by atoms with Crippen LogP contribution in [0.15, 0.2) is 0 Å². The summed E-state index contributed by atoms with van der Waals surface area (Å²) in [5.74, 6) is -2.83. The third kappa shape index (κ3) is 6.07. The van der Waals surface area contributed by atoms with Gasteiger partial charge in [-0.3, -0.25) is 24.0 Å². The summed E-state index contributed by atoms with van der Waals surface area (Å²) in [5, 5.41) is 0. The number of fused-ring (bicyclic) bond motifs is 1. The molecule has 1 unspecified atom stereocenters. The molecule has 0 radical (unpaired) electrons. The largest absolute Gasteiger partial charge is 0.363 e. The molecule has 4 aliphatic carbocycles. The number of nitrogens with two attached hydrogens (primary N) is 2. The molecule has 8 nitrogen and oxygen atoms in total. The van der Waals surface area contributed by atoms with Gasteiger partial charge in [0.25, 0.3) is 5.91 Å². The predicted molar refractivity (Wildman–Crippen MR) is 174 cm³/mol. The SMILES string of the molecule is CC(C)(C)[C@H](CC(=O)CCC1(N)CCCCC1)C(=O)N1C[C@]2(C[C@H]1C(=O)CC(CC1CCC1)C(=O)C(N)=O)C(C)(C)C21CCC1. The first-order valence-electron chi connectivity index (χ1n) is 17.9. The van der Waals surface area contributed by atoms with Gasteiger partial charge in [-0.05, 0) is 67.1 Å². The van der Waals surface area contributed by atoms with E-state index in [1.165, 1.54) is 6.42 Å². The van der Waals surface area contributed by atoms with E-state index in [1.54, 1.807) is 4.90 Å². The van der Waals surface area contributed by atoms with E-state index in [1.807, 2.05) is 20.8 Å². The van der Waals surface area contributed by atoms with Crippen LogP contribution in [0.1, 0.15) is 144 Å². The molecule has 0 bridgehead atoms. The summed E-state index contributed by atoms with van der Waals surface area (Å²) < 4.78 is 0. The van der Waals surface area contributed by atoms with Gasteiger partial charge in [-0.15, -0.1) is 0 Å². The van der Waals surface area contributed by atoms with Crippen LogP contribution < -0.4 is 11.5 Å². The molecule has 2 amide bonds. The number of rotatable bonds is 13. The van der Waals surface area contributed by atoms with Crippen molar-refractivity contribution in [3.05, 3.63) is 0 Å². The Morgan fingerprint density at radius 3 is 2.00 bits per heavy atom. The number of ketones is 3. The second-order valence-electron chi connectivity index (χ2n) is 17.5. The zero-order valence-electron chi connectivity index (χ0n) is 28.7. The van der Waals surface area contributed by atoms with Gasteiger partial charge >= 0.3 is 0 Å². The zero-order chi connectivity index (χ0) is 33.0. The zero-order valence-corrected chi connectivity index (χ0v) is 28.7. The van der Waals surface area contributed by atoms with Crippen LogP contribution in [0.5, 0.6) is 0 Å². The summed E-state index contributed by atoms with van der Waals surface area (Å²) in [4.78, 5) is 69.1. The fraction of sp³-hybridized carbons (Fsp3) is 0.865. The second kappa shape index (κ2) is 12.2. The molecule has 4 N–H and O–H groups in total. The molecule has 45 heavy (non-hydrogen) atoms. The van der Waals surface area contributed by atoms with Crippen LogP contribution in [0.4, 0.5) is 0 Å². The quantitative estimate of drug-likeness (QED) is 0.253. The second-order valence-corrected chi connectivity index (χ2v) is 17.5. The van der Waals surface area contributed by atoms with E-state index < -0.39 is 35.0 Å². The first-order valence-corrected chi connectivity index (χ1v) is 17.9. The number of hydrogen-bond donors (Lipinski definition) is 2. The standard InChI is InChI=1S/C37H59N3O5/c1-33(2,3)27(21-26(41)13-18-35(39)14-7-6-8-15-35)32(45)40-23-37(34(4,5)36(37)16-10-17-36)22-28(40)29(42)20-25(30(43)31(38)44)19-24-11-9-12-24/h24-25,27-28H,6-23,39H2,1-5H3,(H2,38,44)/t25?,27-,28+,37-/m1/s1. The number of hydrogen-bond acceptors (Lipinski definition) is 6. The normalized spacial score (nSPS) is 29.5. The molecule has 0 aromatic carbocycles. The van der Waals surface area contributed by atoms with Gasteiger partial charge in [-0.2, -0.15) is 0 Å². The lowest BCUT2D eigenvalue weighted by molar-refractivity contribution is -0.146. The fourth-order valence-corrected chi connectivity index (χ4v) is 10.3. The number of amides is 2. The van der Waals surface area contributed by atoms with Crippen molar-refractivity contribution in [2.24, 2.45) is 50.9 Å². The molecule has 0 aromatic heterocycles. The summed E-state index contributed by atoms with van der Waals surface area (Å²) in [7, 11) is 0. The Balaban J connectivity index is 1.37. The maximum atomic E-state index is 14.7. The summed E-state index contributed by atoms with van der Waals surface area (Å²) >= 11 is 0. The molecule has 5 rings (SSSR count). The summed E-state index contributed by atoms with van der Waals surface area (Å²) in [6.07, 6.45) is 13.9. The first-order chi connectivity index (χ1) is 21.0. The van der Waals surface area contributed by atoms with Crippen LogP contribution in [-0.4, -0.2) is 52.2 Å². The number of likely N-dealkylation sites (tertiary alicyclic amines) is 1. The van der Waals surface area contributed by atoms with Gasteiger partial charge in [0.05, 0.1) is 6.04 Å². The van der Waals surface area contributed by atoms with E-state index in [0.717, 1.165) is 64.2 Å². The highest BCUT2D eigenvalue weighted by atomic mass is 16.2. The van der Waals surface area contributed by atoms with Gasteiger partial charge in [0, 0.05) is 48.6 Å². The lowest BCUT2D eigenvalue weighted by Gasteiger charge is -2.36. The minimum atomic E-state index is -0.988. The Morgan fingerprint density at radius 2 is 1.51 bits per heavy atom. The van der Waals surface area contributed by atoms with Crippen molar-refractivity contribution >= 4 is 29.2 Å². The Hall–Kier alpha value is -2.09. The average molecular weight is 626 g/mol. The minimum Gasteiger partial charge on any atom is -0.363 e. The summed E-state index contributed by atoms with van der Waals surface area (Å²) in [5.41, 5.74) is 11.3. The third-order valence-corrected chi connectivity index (χ3v) is 13.9. The van der Waals surface area contributed by atoms with Crippen LogP contribution >= 0.6 is 0 Å². The summed E-state index contributed by atoms with van der Waals surface area (Å²) in [6, 6.07) is -0.657. The Kier molecular flexibility index (Phi) is 9.26. The van der Waals surface area contributed by atoms with Gasteiger partial charge in [0.2, 0.25) is 11.7 Å². The number of nitrogens with zero attached hydrogens (tertiary/aromatic N) is 1. The molecule has 0 aromatic rings. The summed E-state index contributed by atoms with van der Waals surface area (Å²) in [6.45, 7) is 11.1. The first kappa shape index (κ1) is 34.3. The van der Waals surface area contributed by atoms with Crippen LogP contribution in [-0.2, 0) is 24.0 Å². The Morgan fingerprint density at radius 1 is 0.867 bits per heavy atom. The van der Waals surface area contributed by atoms with E-state index in [0.29, 0.717) is 38.1 Å². The van der Waals surface area contributed by atoms with E-state index in [2.05, 4.69) is 13.8 Å². The molecular weight excluding hydrogens is 566 g/mol. The minimum absolute atomic E-state index is 0.00265. The van der Waals surface area contributed by atoms with E-state index >= 15 is 0 Å². The van der Waals surface area contributed by atoms with Crippen LogP contribution in [0.2, 0.25) is 0 Å². The molecule has 1 heterocycles. The van der Waals surface area contributed by atoms with E-state index in [4.69, 9.17) is 11.5 Å². The van der Waals surface area contributed by atoms with Crippen molar-refractivity contribution in [2.45, 2.75) is 155 Å². The monoisotopic (exact) mass is 625 g/mol. The molecule has 4 saturated carbocycles. The number of carbonyl (C=O) groups is 5. The lowest BCUT2D eigenvalue weighted by atomic mass is 9.73. The van der Waals surface area contributed by atoms with Crippen molar-refractivity contribution in [1.29, 1.82) is 0 Å². The average Bonchev–Trinajstić information content (AvgIpc) is 3.15. The van der Waals surface area contributed by atoms with Crippen molar-refractivity contribution < 1.29 is 24.0 Å². The molecule has 1 saturated heterocycles. The molecule has 252 valence electrons. The van der Waals surface area contributed by atoms with Gasteiger partial charge in [0.1, 0.15) is 5.78 Å². The van der Waals surface area contributed by atoms with Crippen LogP contribution in [0.3, 0.4) is 0 Å². The topological polar surface area (TPSA) is 141 Å². The number of primary amides is 1. The predicted octanol–water partition coefficient (Wildman–Crippen LogP) is 5.67. The number of carbonyl (C=O) groups excluding carboxylic acids is 5. The van der Waals surface area contributed by atoms with Crippen molar-refractivity contribution in [1.82, 2.24) is 4.90 Å². The van der Waals surface area contributed by atoms with E-state index in [-0.39, 0.29) is 52.1 Å². The lowest BCUT2D eigenvalue weighted by Crippen LogP contribution is -2.48. The highest BCUT2D eigenvalue weighted by molar-refractivity contribution is 6.36. The maximum absolute atomic E-state index is 14.7. The van der Waals surface area contributed by atoms with Gasteiger partial charge < -0.3 is 16.4 Å². The molecule has 2 spiro atoms. The molecule has 5 fully saturated rings. The Labute approximate surface area is 270 Å². The van der Waals surface area contributed by atoms with E-state index in [9.17, 15) is 24.0 Å². The van der Waals surface area contributed by atoms with Gasteiger partial charge in [-0.1, -0.05) is 79.6 Å². The highest BCUT2D eigenvalue weighted by Gasteiger charge is 2.85. The van der Waals surface area contributed by atoms with Crippen molar-refractivity contribution in [2.75, 3.05) is 6.54 Å². The molecule has 5 aliphatic rings. The number of Topliss-reactive ketones (excluding diaryl/α,β-unsaturated/α-hetero) is 3. The van der Waals surface area contributed by atoms with Gasteiger partial charge in [0.15, 0.2) is 5.78 Å². The smallest absolute Gasteiger partial charge is 0.285 e. The van der Waals surface area contributed by atoms with Crippen LogP contribution in [0, 0.1) is 39.4 Å². The molecule has 8 heteroatoms.